The Hall–Kier alpha value is -1.42. The third-order valence-corrected chi connectivity index (χ3v) is 2.71. The number of nitrogens with zero attached hydrogens (tertiary/aromatic N) is 1. The minimum Gasteiger partial charge on any atom is -0.464 e. The van der Waals surface area contributed by atoms with Crippen molar-refractivity contribution in [3.63, 3.8) is 0 Å². The summed E-state index contributed by atoms with van der Waals surface area (Å²) in [6, 6.07) is 3.79. The summed E-state index contributed by atoms with van der Waals surface area (Å²) >= 11 is 0. The molecule has 1 aromatic rings. The quantitative estimate of drug-likeness (QED) is 0.732. The SMILES string of the molecule is COC(=O)c1cc(C2CCNC2)ccn1. The van der Waals surface area contributed by atoms with E-state index in [0.29, 0.717) is 11.6 Å². The molecule has 0 aliphatic carbocycles. The molecule has 0 bridgehead atoms. The standard InChI is InChI=1S/C11H14N2O2/c1-15-11(14)10-6-8(3-5-13-10)9-2-4-12-7-9/h3,5-6,9,12H,2,4,7H2,1H3. The van der Waals surface area contributed by atoms with Crippen LogP contribution in [0.2, 0.25) is 0 Å². The summed E-state index contributed by atoms with van der Waals surface area (Å²) in [4.78, 5) is 15.3. The van der Waals surface area contributed by atoms with Crippen molar-refractivity contribution < 1.29 is 9.53 Å². The Morgan fingerprint density at radius 1 is 1.67 bits per heavy atom. The molecule has 1 fully saturated rings. The average Bonchev–Trinajstić information content (AvgIpc) is 2.82. The minimum atomic E-state index is -0.372. The first kappa shape index (κ1) is 10.1. The number of aromatic nitrogens is 1. The molecule has 1 aliphatic rings. The van der Waals surface area contributed by atoms with Crippen LogP contribution in [-0.4, -0.2) is 31.2 Å². The van der Waals surface area contributed by atoms with E-state index in [1.807, 2.05) is 12.1 Å². The smallest absolute Gasteiger partial charge is 0.356 e. The molecule has 2 heterocycles. The Bertz CT molecular complexity index is 359. The summed E-state index contributed by atoms with van der Waals surface area (Å²) in [7, 11) is 1.37. The van der Waals surface area contributed by atoms with E-state index >= 15 is 0 Å². The van der Waals surface area contributed by atoms with Crippen LogP contribution in [0.15, 0.2) is 18.3 Å². The zero-order valence-corrected chi connectivity index (χ0v) is 8.69. The van der Waals surface area contributed by atoms with Crippen LogP contribution in [0.1, 0.15) is 28.4 Å². The molecule has 0 spiro atoms. The first-order valence-corrected chi connectivity index (χ1v) is 5.06. The molecule has 4 nitrogen and oxygen atoms in total. The summed E-state index contributed by atoms with van der Waals surface area (Å²) in [5.41, 5.74) is 1.55. The fourth-order valence-electron chi connectivity index (χ4n) is 1.86. The van der Waals surface area contributed by atoms with Gasteiger partial charge in [-0.1, -0.05) is 0 Å². The summed E-state index contributed by atoms with van der Waals surface area (Å²) in [6.45, 7) is 2.02. The van der Waals surface area contributed by atoms with Gasteiger partial charge >= 0.3 is 5.97 Å². The highest BCUT2D eigenvalue weighted by molar-refractivity contribution is 5.87. The summed E-state index contributed by atoms with van der Waals surface area (Å²) in [6.07, 6.45) is 2.78. The zero-order chi connectivity index (χ0) is 10.7. The molecule has 80 valence electrons. The highest BCUT2D eigenvalue weighted by Crippen LogP contribution is 2.22. The van der Waals surface area contributed by atoms with Crippen molar-refractivity contribution in [3.05, 3.63) is 29.6 Å². The van der Waals surface area contributed by atoms with Crippen molar-refractivity contribution in [2.45, 2.75) is 12.3 Å². The van der Waals surface area contributed by atoms with Crippen molar-refractivity contribution in [3.8, 4) is 0 Å². The topological polar surface area (TPSA) is 51.2 Å². The van der Waals surface area contributed by atoms with E-state index in [1.54, 1.807) is 6.20 Å². The fraction of sp³-hybridized carbons (Fsp3) is 0.455. The van der Waals surface area contributed by atoms with Gasteiger partial charge in [0.25, 0.3) is 0 Å². The van der Waals surface area contributed by atoms with Gasteiger partial charge in [0.15, 0.2) is 0 Å². The van der Waals surface area contributed by atoms with Crippen LogP contribution >= 0.6 is 0 Å². The maximum atomic E-state index is 11.3. The lowest BCUT2D eigenvalue weighted by Crippen LogP contribution is -2.09. The number of rotatable bonds is 2. The van der Waals surface area contributed by atoms with E-state index in [-0.39, 0.29) is 5.97 Å². The van der Waals surface area contributed by atoms with Gasteiger partial charge in [0.05, 0.1) is 7.11 Å². The summed E-state index contributed by atoms with van der Waals surface area (Å²) < 4.78 is 4.64. The number of ether oxygens (including phenoxy) is 1. The lowest BCUT2D eigenvalue weighted by Gasteiger charge is -2.08. The number of hydrogen-bond donors (Lipinski definition) is 1. The third-order valence-electron chi connectivity index (χ3n) is 2.71. The third kappa shape index (κ3) is 2.15. The Morgan fingerprint density at radius 3 is 3.20 bits per heavy atom. The molecular weight excluding hydrogens is 192 g/mol. The van der Waals surface area contributed by atoms with E-state index < -0.39 is 0 Å². The molecule has 1 unspecified atom stereocenters. The van der Waals surface area contributed by atoms with E-state index in [1.165, 1.54) is 7.11 Å². The van der Waals surface area contributed by atoms with Crippen LogP contribution in [0.5, 0.6) is 0 Å². The predicted octanol–water partition coefficient (Wildman–Crippen LogP) is 0.945. The molecule has 0 saturated carbocycles. The molecule has 2 rings (SSSR count). The van der Waals surface area contributed by atoms with Crippen LogP contribution in [-0.2, 0) is 4.74 Å². The molecule has 1 saturated heterocycles. The van der Waals surface area contributed by atoms with Gasteiger partial charge in [-0.15, -0.1) is 0 Å². The molecule has 1 N–H and O–H groups in total. The van der Waals surface area contributed by atoms with Crippen molar-refractivity contribution >= 4 is 5.97 Å². The second kappa shape index (κ2) is 4.40. The van der Waals surface area contributed by atoms with Crippen LogP contribution in [0.4, 0.5) is 0 Å². The van der Waals surface area contributed by atoms with E-state index in [4.69, 9.17) is 0 Å². The lowest BCUT2D eigenvalue weighted by atomic mass is 9.99. The largest absolute Gasteiger partial charge is 0.464 e. The van der Waals surface area contributed by atoms with E-state index in [2.05, 4.69) is 15.0 Å². The summed E-state index contributed by atoms with van der Waals surface area (Å²) in [5, 5.41) is 3.30. The first-order valence-electron chi connectivity index (χ1n) is 5.06. The van der Waals surface area contributed by atoms with Gasteiger partial charge in [-0.2, -0.15) is 0 Å². The zero-order valence-electron chi connectivity index (χ0n) is 8.69. The Kier molecular flexibility index (Phi) is 2.97. The molecule has 1 aromatic heterocycles. The highest BCUT2D eigenvalue weighted by atomic mass is 16.5. The van der Waals surface area contributed by atoms with Gasteiger partial charge in [-0.25, -0.2) is 9.78 Å². The molecule has 15 heavy (non-hydrogen) atoms. The Labute approximate surface area is 88.7 Å². The van der Waals surface area contributed by atoms with Crippen molar-refractivity contribution in [1.82, 2.24) is 10.3 Å². The van der Waals surface area contributed by atoms with Crippen LogP contribution < -0.4 is 5.32 Å². The fourth-order valence-corrected chi connectivity index (χ4v) is 1.86. The Balaban J connectivity index is 2.21. The van der Waals surface area contributed by atoms with Crippen LogP contribution in [0.3, 0.4) is 0 Å². The Morgan fingerprint density at radius 2 is 2.53 bits per heavy atom. The minimum absolute atomic E-state index is 0.372. The second-order valence-electron chi connectivity index (χ2n) is 3.66. The van der Waals surface area contributed by atoms with E-state index in [0.717, 1.165) is 25.1 Å². The molecule has 0 aromatic carbocycles. The number of carbonyl (C=O) groups excluding carboxylic acids is 1. The molecule has 1 aliphatic heterocycles. The van der Waals surface area contributed by atoms with Gasteiger partial charge in [0, 0.05) is 12.7 Å². The van der Waals surface area contributed by atoms with Crippen LogP contribution in [0, 0.1) is 0 Å². The average molecular weight is 206 g/mol. The highest BCUT2D eigenvalue weighted by Gasteiger charge is 2.18. The number of methoxy groups -OCH3 is 1. The number of carbonyl (C=O) groups is 1. The van der Waals surface area contributed by atoms with Gasteiger partial charge < -0.3 is 10.1 Å². The number of esters is 1. The van der Waals surface area contributed by atoms with Gasteiger partial charge in [-0.05, 0) is 36.6 Å². The summed E-state index contributed by atoms with van der Waals surface area (Å²) in [5.74, 6) is 0.124. The maximum absolute atomic E-state index is 11.3. The molecular formula is C11H14N2O2. The number of pyridine rings is 1. The maximum Gasteiger partial charge on any atom is 0.356 e. The predicted molar refractivity (Wildman–Crippen MR) is 55.8 cm³/mol. The molecule has 0 amide bonds. The molecule has 1 atom stereocenters. The van der Waals surface area contributed by atoms with Gasteiger partial charge in [0.2, 0.25) is 0 Å². The molecule has 4 heteroatoms. The van der Waals surface area contributed by atoms with Gasteiger partial charge in [-0.3, -0.25) is 0 Å². The normalized spacial score (nSPS) is 20.2. The van der Waals surface area contributed by atoms with Crippen molar-refractivity contribution in [2.24, 2.45) is 0 Å². The monoisotopic (exact) mass is 206 g/mol. The van der Waals surface area contributed by atoms with Crippen molar-refractivity contribution in [2.75, 3.05) is 20.2 Å². The van der Waals surface area contributed by atoms with Crippen LogP contribution in [0.25, 0.3) is 0 Å². The number of nitrogens with one attached hydrogen (secondary N) is 1. The molecule has 0 radical (unpaired) electrons. The van der Waals surface area contributed by atoms with Crippen molar-refractivity contribution in [1.29, 1.82) is 0 Å². The van der Waals surface area contributed by atoms with E-state index in [9.17, 15) is 4.79 Å². The lowest BCUT2D eigenvalue weighted by molar-refractivity contribution is 0.0594. The first-order chi connectivity index (χ1) is 7.31. The number of hydrogen-bond acceptors (Lipinski definition) is 4. The van der Waals surface area contributed by atoms with Gasteiger partial charge in [0.1, 0.15) is 5.69 Å². The second-order valence-corrected chi connectivity index (χ2v) is 3.66.